The summed E-state index contributed by atoms with van der Waals surface area (Å²) in [5.74, 6) is -0.197. The molecule has 0 bridgehead atoms. The molecule has 1 saturated carbocycles. The van der Waals surface area contributed by atoms with Gasteiger partial charge in [-0.15, -0.1) is 0 Å². The molecule has 1 N–H and O–H groups in total. The summed E-state index contributed by atoms with van der Waals surface area (Å²) in [6.07, 6.45) is 3.93. The van der Waals surface area contributed by atoms with Crippen LogP contribution in [0.3, 0.4) is 0 Å². The van der Waals surface area contributed by atoms with Crippen LogP contribution < -0.4 is 4.74 Å². The predicted octanol–water partition coefficient (Wildman–Crippen LogP) is 2.13. The quantitative estimate of drug-likeness (QED) is 0.854. The summed E-state index contributed by atoms with van der Waals surface area (Å²) in [5.41, 5.74) is 1.09. The number of ether oxygens (including phenoxy) is 1. The van der Waals surface area contributed by atoms with E-state index in [9.17, 15) is 9.59 Å². The van der Waals surface area contributed by atoms with Gasteiger partial charge in [0.15, 0.2) is 6.10 Å². The zero-order valence-corrected chi connectivity index (χ0v) is 14.7. The molecule has 3 rings (SSSR count). The van der Waals surface area contributed by atoms with Gasteiger partial charge in [-0.3, -0.25) is 9.69 Å². The Bertz CT molecular complexity index is 610. The number of aliphatic carboxylic acids is 1. The number of amides is 1. The van der Waals surface area contributed by atoms with Crippen molar-refractivity contribution < 1.29 is 19.4 Å². The van der Waals surface area contributed by atoms with E-state index < -0.39 is 12.1 Å². The second-order valence-electron chi connectivity index (χ2n) is 6.98. The van der Waals surface area contributed by atoms with E-state index in [0.29, 0.717) is 18.3 Å². The zero-order valence-electron chi connectivity index (χ0n) is 14.7. The molecule has 1 aliphatic carbocycles. The first kappa shape index (κ1) is 17.7. The lowest BCUT2D eigenvalue weighted by Crippen LogP contribution is -2.53. The number of piperazine rings is 1. The number of rotatable bonds is 6. The van der Waals surface area contributed by atoms with Crippen molar-refractivity contribution in [3.63, 3.8) is 0 Å². The maximum Gasteiger partial charge on any atom is 0.344 e. The summed E-state index contributed by atoms with van der Waals surface area (Å²) in [5, 5.41) is 8.87. The van der Waals surface area contributed by atoms with Gasteiger partial charge in [0.1, 0.15) is 5.75 Å². The molecule has 25 heavy (non-hydrogen) atoms. The largest absolute Gasteiger partial charge is 0.479 e. The Morgan fingerprint density at radius 1 is 1.24 bits per heavy atom. The Kier molecular flexibility index (Phi) is 5.58. The number of benzene rings is 1. The number of carbonyl (C=O) groups is 2. The van der Waals surface area contributed by atoms with Crippen molar-refractivity contribution >= 4 is 11.9 Å². The Hall–Kier alpha value is -2.08. The van der Waals surface area contributed by atoms with Crippen molar-refractivity contribution in [2.75, 3.05) is 19.6 Å². The minimum absolute atomic E-state index is 0.244. The Balaban J connectivity index is 1.51. The number of carboxylic acids is 1. The first-order valence-corrected chi connectivity index (χ1v) is 9.03. The van der Waals surface area contributed by atoms with Gasteiger partial charge >= 0.3 is 5.97 Å². The van der Waals surface area contributed by atoms with E-state index in [1.54, 1.807) is 12.1 Å². The van der Waals surface area contributed by atoms with Gasteiger partial charge in [-0.25, -0.2) is 4.79 Å². The third-order valence-electron chi connectivity index (χ3n) is 5.09. The van der Waals surface area contributed by atoms with Crippen LogP contribution in [0.4, 0.5) is 0 Å². The summed E-state index contributed by atoms with van der Waals surface area (Å²) in [7, 11) is 0. The molecule has 1 heterocycles. The molecular formula is C19H26N2O4. The van der Waals surface area contributed by atoms with Crippen LogP contribution in [0.5, 0.6) is 5.75 Å². The average Bonchev–Trinajstić information content (AvgIpc) is 3.11. The summed E-state index contributed by atoms with van der Waals surface area (Å²) in [6.45, 7) is 4.42. The average molecular weight is 346 g/mol. The molecule has 6 heteroatoms. The van der Waals surface area contributed by atoms with Gasteiger partial charge in [0, 0.05) is 25.7 Å². The lowest BCUT2D eigenvalue weighted by atomic mass is 10.1. The SMILES string of the molecule is C[C@H](Oc1ccc(CN2CCN(C3CCCC3)C(=O)C2)cc1)C(=O)O. The third-order valence-corrected chi connectivity index (χ3v) is 5.09. The van der Waals surface area contributed by atoms with E-state index in [1.807, 2.05) is 12.1 Å². The first-order valence-electron chi connectivity index (χ1n) is 9.03. The van der Waals surface area contributed by atoms with Crippen molar-refractivity contribution in [1.82, 2.24) is 9.80 Å². The highest BCUT2D eigenvalue weighted by molar-refractivity contribution is 5.79. The van der Waals surface area contributed by atoms with Gasteiger partial charge in [0.05, 0.1) is 6.54 Å². The molecule has 1 aliphatic heterocycles. The van der Waals surface area contributed by atoms with Crippen LogP contribution in [0.25, 0.3) is 0 Å². The molecule has 0 spiro atoms. The molecule has 6 nitrogen and oxygen atoms in total. The summed E-state index contributed by atoms with van der Waals surface area (Å²) < 4.78 is 5.33. The Labute approximate surface area is 148 Å². The van der Waals surface area contributed by atoms with E-state index >= 15 is 0 Å². The standard InChI is InChI=1S/C19H26N2O4/c1-14(19(23)24)25-17-8-6-15(7-9-17)12-20-10-11-21(18(22)13-20)16-4-2-3-5-16/h6-9,14,16H,2-5,10-13H2,1H3,(H,23,24)/t14-/m0/s1. The molecule has 1 amide bonds. The van der Waals surface area contributed by atoms with Crippen molar-refractivity contribution in [2.45, 2.75) is 51.3 Å². The van der Waals surface area contributed by atoms with Crippen LogP contribution in [0.2, 0.25) is 0 Å². The molecule has 1 aromatic carbocycles. The van der Waals surface area contributed by atoms with Crippen LogP contribution in [-0.4, -0.2) is 58.6 Å². The van der Waals surface area contributed by atoms with Gasteiger partial charge in [-0.2, -0.15) is 0 Å². The smallest absolute Gasteiger partial charge is 0.344 e. The van der Waals surface area contributed by atoms with E-state index in [2.05, 4.69) is 9.80 Å². The molecule has 0 radical (unpaired) electrons. The third kappa shape index (κ3) is 4.51. The highest BCUT2D eigenvalue weighted by Gasteiger charge is 2.31. The highest BCUT2D eigenvalue weighted by Crippen LogP contribution is 2.25. The molecule has 0 unspecified atom stereocenters. The van der Waals surface area contributed by atoms with Crippen LogP contribution in [0, 0.1) is 0 Å². The summed E-state index contributed by atoms with van der Waals surface area (Å²) >= 11 is 0. The second kappa shape index (κ2) is 7.87. The number of nitrogens with zero attached hydrogens (tertiary/aromatic N) is 2. The predicted molar refractivity (Wildman–Crippen MR) is 93.4 cm³/mol. The molecule has 2 fully saturated rings. The van der Waals surface area contributed by atoms with Crippen LogP contribution >= 0.6 is 0 Å². The van der Waals surface area contributed by atoms with Crippen molar-refractivity contribution in [1.29, 1.82) is 0 Å². The molecule has 1 saturated heterocycles. The summed E-state index contributed by atoms with van der Waals surface area (Å²) in [6, 6.07) is 7.88. The van der Waals surface area contributed by atoms with Gasteiger partial charge in [-0.05, 0) is 37.5 Å². The number of carboxylic acid groups (broad SMARTS) is 1. The first-order chi connectivity index (χ1) is 12.0. The van der Waals surface area contributed by atoms with E-state index in [0.717, 1.165) is 38.0 Å². The normalized spacial score (nSPS) is 20.7. The second-order valence-corrected chi connectivity index (χ2v) is 6.98. The number of hydrogen-bond acceptors (Lipinski definition) is 4. The van der Waals surface area contributed by atoms with Crippen molar-refractivity contribution in [2.24, 2.45) is 0 Å². The maximum absolute atomic E-state index is 12.4. The van der Waals surface area contributed by atoms with Crippen molar-refractivity contribution in [3.8, 4) is 5.75 Å². The van der Waals surface area contributed by atoms with Gasteiger partial charge in [0.25, 0.3) is 0 Å². The monoisotopic (exact) mass is 346 g/mol. The van der Waals surface area contributed by atoms with Crippen LogP contribution in [0.15, 0.2) is 24.3 Å². The van der Waals surface area contributed by atoms with Crippen molar-refractivity contribution in [3.05, 3.63) is 29.8 Å². The molecule has 1 atom stereocenters. The fraction of sp³-hybridized carbons (Fsp3) is 0.579. The topological polar surface area (TPSA) is 70.1 Å². The molecule has 136 valence electrons. The Morgan fingerprint density at radius 2 is 1.92 bits per heavy atom. The highest BCUT2D eigenvalue weighted by atomic mass is 16.5. The van der Waals surface area contributed by atoms with Crippen LogP contribution in [0.1, 0.15) is 38.2 Å². The lowest BCUT2D eigenvalue weighted by Gasteiger charge is -2.37. The minimum atomic E-state index is -0.984. The number of hydrogen-bond donors (Lipinski definition) is 1. The zero-order chi connectivity index (χ0) is 17.8. The van der Waals surface area contributed by atoms with Gasteiger partial charge in [-0.1, -0.05) is 25.0 Å². The molecular weight excluding hydrogens is 320 g/mol. The van der Waals surface area contributed by atoms with Gasteiger partial charge in [0.2, 0.25) is 5.91 Å². The Morgan fingerprint density at radius 3 is 2.52 bits per heavy atom. The molecule has 2 aliphatic rings. The molecule has 1 aromatic rings. The summed E-state index contributed by atoms with van der Waals surface area (Å²) in [4.78, 5) is 27.5. The van der Waals surface area contributed by atoms with E-state index in [1.165, 1.54) is 19.8 Å². The lowest BCUT2D eigenvalue weighted by molar-refractivity contribution is -0.144. The van der Waals surface area contributed by atoms with E-state index in [-0.39, 0.29) is 5.91 Å². The fourth-order valence-corrected chi connectivity index (χ4v) is 3.66. The van der Waals surface area contributed by atoms with Crippen LogP contribution in [-0.2, 0) is 16.1 Å². The minimum Gasteiger partial charge on any atom is -0.479 e. The maximum atomic E-state index is 12.4. The molecule has 0 aromatic heterocycles. The number of carbonyl (C=O) groups excluding carboxylic acids is 1. The van der Waals surface area contributed by atoms with Gasteiger partial charge < -0.3 is 14.7 Å². The van der Waals surface area contributed by atoms with E-state index in [4.69, 9.17) is 9.84 Å². The fourth-order valence-electron chi connectivity index (χ4n) is 3.66.